The number of Topliss-reactive ketones (excluding diaryl/α,β-unsaturated/α-hetero) is 1. The molecule has 0 radical (unpaired) electrons. The van der Waals surface area contributed by atoms with Crippen LogP contribution in [0.5, 0.6) is 0 Å². The number of benzene rings is 3. The third kappa shape index (κ3) is 4.63. The van der Waals surface area contributed by atoms with Crippen LogP contribution in [0.1, 0.15) is 34.0 Å². The van der Waals surface area contributed by atoms with E-state index in [-0.39, 0.29) is 12.2 Å². The van der Waals surface area contributed by atoms with E-state index in [2.05, 4.69) is 0 Å². The fourth-order valence-electron chi connectivity index (χ4n) is 3.51. The molecule has 0 fully saturated rings. The number of alkyl halides is 2. The molecule has 162 valence electrons. The molecule has 1 atom stereocenters. The third-order valence-corrected chi connectivity index (χ3v) is 6.51. The topological polar surface area (TPSA) is 74.6 Å². The first-order valence-electron chi connectivity index (χ1n) is 9.34. The van der Waals surface area contributed by atoms with Crippen molar-refractivity contribution in [3.8, 4) is 0 Å². The van der Waals surface area contributed by atoms with Gasteiger partial charge in [-0.2, -0.15) is 8.78 Å². The Kier molecular flexibility index (Phi) is 6.49. The summed E-state index contributed by atoms with van der Waals surface area (Å²) in [5.74, 6) is -0.153. The summed E-state index contributed by atoms with van der Waals surface area (Å²) in [4.78, 5) is 31.4. The predicted molar refractivity (Wildman–Crippen MR) is 116 cm³/mol. The lowest BCUT2D eigenvalue weighted by Gasteiger charge is -2.29. The highest BCUT2D eigenvalue weighted by molar-refractivity contribution is 7.52. The van der Waals surface area contributed by atoms with Gasteiger partial charge in [0, 0.05) is 5.56 Å². The van der Waals surface area contributed by atoms with Gasteiger partial charge in [0.15, 0.2) is 5.78 Å². The quantitative estimate of drug-likeness (QED) is 0.334. The van der Waals surface area contributed by atoms with E-state index in [1.807, 2.05) is 30.3 Å². The Labute approximate surface area is 183 Å². The van der Waals surface area contributed by atoms with Crippen molar-refractivity contribution in [1.29, 1.82) is 0 Å². The van der Waals surface area contributed by atoms with Gasteiger partial charge in [-0.3, -0.25) is 9.36 Å². The van der Waals surface area contributed by atoms with E-state index in [4.69, 9.17) is 21.4 Å². The number of halogens is 3. The Hall–Kier alpha value is -2.37. The average molecular weight is 465 g/mol. The van der Waals surface area contributed by atoms with Crippen LogP contribution >= 0.6 is 19.2 Å². The van der Waals surface area contributed by atoms with Crippen LogP contribution in [0.3, 0.4) is 0 Å². The summed E-state index contributed by atoms with van der Waals surface area (Å²) < 4.78 is 39.4. The van der Waals surface area contributed by atoms with Crippen LogP contribution in [0, 0.1) is 0 Å². The largest absolute Gasteiger partial charge is 0.399 e. The number of hydrogen-bond acceptors (Lipinski definition) is 2. The fraction of sp³-hybridized carbons (Fsp3) is 0.174. The molecule has 31 heavy (non-hydrogen) atoms. The minimum absolute atomic E-state index is 0.145. The summed E-state index contributed by atoms with van der Waals surface area (Å²) >= 11 is 5.98. The Morgan fingerprint density at radius 3 is 2.03 bits per heavy atom. The Balaban J connectivity index is 2.04. The SMILES string of the molecule is CC(Cc1ccc(C(F)(F)P(=O)(O)O)c(Cl)c1)(C(=O)c1ccccc1)c1ccccc1. The first-order valence-corrected chi connectivity index (χ1v) is 11.3. The second-order valence-corrected chi connectivity index (χ2v) is 9.53. The molecule has 0 aliphatic rings. The molecule has 4 nitrogen and oxygen atoms in total. The van der Waals surface area contributed by atoms with Crippen LogP contribution in [-0.4, -0.2) is 15.6 Å². The van der Waals surface area contributed by atoms with Crippen molar-refractivity contribution in [2.75, 3.05) is 0 Å². The first-order chi connectivity index (χ1) is 14.5. The van der Waals surface area contributed by atoms with Crippen LogP contribution < -0.4 is 0 Å². The molecule has 1 unspecified atom stereocenters. The molecule has 0 aliphatic carbocycles. The van der Waals surface area contributed by atoms with E-state index in [1.165, 1.54) is 12.1 Å². The molecule has 0 bridgehead atoms. The second-order valence-electron chi connectivity index (χ2n) is 7.47. The molecule has 0 saturated carbocycles. The maximum Gasteiger partial charge on any atom is 0.399 e. The van der Waals surface area contributed by atoms with Crippen molar-refractivity contribution in [1.82, 2.24) is 0 Å². The van der Waals surface area contributed by atoms with Crippen LogP contribution in [0.2, 0.25) is 5.02 Å². The summed E-state index contributed by atoms with van der Waals surface area (Å²) in [5.41, 5.74) is -4.67. The maximum atomic E-state index is 14.1. The molecule has 8 heteroatoms. The normalized spacial score (nSPS) is 14.1. The number of ketones is 1. The molecule has 3 aromatic carbocycles. The Bertz CT molecular complexity index is 1130. The van der Waals surface area contributed by atoms with Gasteiger partial charge in [-0.25, -0.2) is 0 Å². The van der Waals surface area contributed by atoms with E-state index < -0.39 is 29.3 Å². The highest BCUT2D eigenvalue weighted by Gasteiger charge is 2.51. The van der Waals surface area contributed by atoms with Crippen molar-refractivity contribution in [3.05, 3.63) is 106 Å². The summed E-state index contributed by atoms with van der Waals surface area (Å²) in [6.07, 6.45) is 0.145. The van der Waals surface area contributed by atoms with E-state index in [0.29, 0.717) is 11.1 Å². The molecule has 0 spiro atoms. The van der Waals surface area contributed by atoms with E-state index in [0.717, 1.165) is 11.6 Å². The first kappa shape index (κ1) is 23.3. The lowest BCUT2D eigenvalue weighted by Crippen LogP contribution is -2.35. The minimum atomic E-state index is -5.75. The lowest BCUT2D eigenvalue weighted by molar-refractivity contribution is 0.0565. The molecule has 3 rings (SSSR count). The molecule has 0 aromatic heterocycles. The molecule has 0 saturated heterocycles. The zero-order valence-corrected chi connectivity index (χ0v) is 18.2. The maximum absolute atomic E-state index is 14.1. The van der Waals surface area contributed by atoms with Crippen molar-refractivity contribution in [3.63, 3.8) is 0 Å². The monoisotopic (exact) mass is 464 g/mol. The van der Waals surface area contributed by atoms with Gasteiger partial charge in [0.1, 0.15) is 0 Å². The van der Waals surface area contributed by atoms with E-state index in [9.17, 15) is 18.1 Å². The van der Waals surface area contributed by atoms with E-state index >= 15 is 0 Å². The van der Waals surface area contributed by atoms with Gasteiger partial charge in [-0.05, 0) is 30.5 Å². The van der Waals surface area contributed by atoms with Gasteiger partial charge in [-0.1, -0.05) is 84.4 Å². The zero-order valence-electron chi connectivity index (χ0n) is 16.5. The number of hydrogen-bond donors (Lipinski definition) is 2. The molecule has 0 aliphatic heterocycles. The second kappa shape index (κ2) is 8.64. The third-order valence-electron chi connectivity index (χ3n) is 5.23. The van der Waals surface area contributed by atoms with Gasteiger partial charge in [0.05, 0.1) is 16.0 Å². The molecule has 2 N–H and O–H groups in total. The minimum Gasteiger partial charge on any atom is -0.320 e. The Morgan fingerprint density at radius 2 is 1.52 bits per heavy atom. The summed E-state index contributed by atoms with van der Waals surface area (Å²) in [6.45, 7) is 1.77. The lowest BCUT2D eigenvalue weighted by atomic mass is 9.72. The molecule has 0 heterocycles. The van der Waals surface area contributed by atoms with Crippen molar-refractivity contribution in [2.24, 2.45) is 0 Å². The van der Waals surface area contributed by atoms with Gasteiger partial charge < -0.3 is 9.79 Å². The number of rotatable bonds is 7. The van der Waals surface area contributed by atoms with Gasteiger partial charge in [-0.15, -0.1) is 0 Å². The molecular formula is C23H20ClF2O4P. The van der Waals surface area contributed by atoms with Gasteiger partial charge in [0.25, 0.3) is 0 Å². The van der Waals surface area contributed by atoms with Crippen molar-refractivity contribution < 1.29 is 27.9 Å². The van der Waals surface area contributed by atoms with E-state index in [1.54, 1.807) is 37.3 Å². The van der Waals surface area contributed by atoms with Crippen molar-refractivity contribution >= 4 is 25.0 Å². The summed E-state index contributed by atoms with van der Waals surface area (Å²) in [5, 5.41) is -0.478. The van der Waals surface area contributed by atoms with Crippen LogP contribution in [0.15, 0.2) is 78.9 Å². The molecule has 3 aromatic rings. The van der Waals surface area contributed by atoms with Crippen LogP contribution in [0.25, 0.3) is 0 Å². The van der Waals surface area contributed by atoms with Gasteiger partial charge in [0.2, 0.25) is 0 Å². The van der Waals surface area contributed by atoms with Crippen LogP contribution in [-0.2, 0) is 22.1 Å². The highest BCUT2D eigenvalue weighted by Crippen LogP contribution is 2.60. The standard InChI is InChI=1S/C23H20ClF2O4P/c1-22(18-10-6-3-7-11-18,21(27)17-8-4-2-5-9-17)15-16-12-13-19(20(24)14-16)23(25,26)31(28,29)30/h2-14H,15H2,1H3,(H2,28,29,30). The predicted octanol–water partition coefficient (Wildman–Crippen LogP) is 5.95. The summed E-state index contributed by atoms with van der Waals surface area (Å²) in [7, 11) is -5.75. The number of carbonyl (C=O) groups excluding carboxylic acids is 1. The summed E-state index contributed by atoms with van der Waals surface area (Å²) in [6, 6.07) is 21.2. The molecular weight excluding hydrogens is 445 g/mol. The fourth-order valence-corrected chi connectivity index (χ4v) is 4.40. The zero-order chi connectivity index (χ0) is 22.9. The molecule has 0 amide bonds. The highest BCUT2D eigenvalue weighted by atomic mass is 35.5. The van der Waals surface area contributed by atoms with Gasteiger partial charge >= 0.3 is 13.3 Å². The Morgan fingerprint density at radius 1 is 0.968 bits per heavy atom. The van der Waals surface area contributed by atoms with Crippen molar-refractivity contribution in [2.45, 2.75) is 24.4 Å². The van der Waals surface area contributed by atoms with Crippen LogP contribution in [0.4, 0.5) is 8.78 Å². The average Bonchev–Trinajstić information content (AvgIpc) is 2.73. The smallest absolute Gasteiger partial charge is 0.320 e. The number of carbonyl (C=O) groups is 1.